The molecule has 0 N–H and O–H groups in total. The fourth-order valence-electron chi connectivity index (χ4n) is 4.54. The van der Waals surface area contributed by atoms with Crippen LogP contribution in [0, 0.1) is 0 Å². The lowest BCUT2D eigenvalue weighted by Crippen LogP contribution is -2.33. The van der Waals surface area contributed by atoms with Crippen LogP contribution in [0.3, 0.4) is 0 Å². The van der Waals surface area contributed by atoms with Crippen LogP contribution >= 0.6 is 0 Å². The predicted molar refractivity (Wildman–Crippen MR) is 123 cm³/mol. The van der Waals surface area contributed by atoms with Crippen molar-refractivity contribution in [3.05, 3.63) is 96.6 Å². The van der Waals surface area contributed by atoms with Gasteiger partial charge >= 0.3 is 0 Å². The van der Waals surface area contributed by atoms with Crippen molar-refractivity contribution in [2.24, 2.45) is 0 Å². The van der Waals surface area contributed by atoms with Crippen LogP contribution in [-0.4, -0.2) is 14.7 Å². The average Bonchev–Trinajstić information content (AvgIpc) is 2.76. The minimum atomic E-state index is -0.677. The van der Waals surface area contributed by atoms with Gasteiger partial charge in [0.2, 0.25) is 0 Å². The summed E-state index contributed by atoms with van der Waals surface area (Å²) in [6.07, 6.45) is 6.62. The minimum absolute atomic E-state index is 0.252. The number of anilines is 3. The molecule has 0 radical (unpaired) electrons. The van der Waals surface area contributed by atoms with Gasteiger partial charge in [-0.3, -0.25) is 4.21 Å². The first kappa shape index (κ1) is 18.4. The molecule has 0 aliphatic carbocycles. The van der Waals surface area contributed by atoms with Gasteiger partial charge in [0.15, 0.2) is 0 Å². The van der Waals surface area contributed by atoms with Crippen LogP contribution < -0.4 is 4.90 Å². The van der Waals surface area contributed by atoms with Crippen LogP contribution in [0.2, 0.25) is 0 Å². The van der Waals surface area contributed by atoms with E-state index in [1.807, 2.05) is 12.1 Å². The fourth-order valence-corrected chi connectivity index (χ4v) is 6.47. The molecular weight excluding hydrogens is 374 g/mol. The molecular formula is C26H25NOS. The van der Waals surface area contributed by atoms with Gasteiger partial charge in [-0.25, -0.2) is 0 Å². The Kier molecular flexibility index (Phi) is 5.07. The highest BCUT2D eigenvalue weighted by molar-refractivity contribution is 7.86. The van der Waals surface area contributed by atoms with E-state index in [9.17, 15) is 4.21 Å². The highest BCUT2D eigenvalue weighted by Crippen LogP contribution is 2.39. The number of hydrogen-bond donors (Lipinski definition) is 0. The second-order valence-electron chi connectivity index (χ2n) is 7.87. The zero-order chi connectivity index (χ0) is 19.6. The Bertz CT molecular complexity index is 988. The summed E-state index contributed by atoms with van der Waals surface area (Å²) in [5.74, 6) is 0. The maximum atomic E-state index is 12.5. The Morgan fingerprint density at radius 1 is 0.724 bits per heavy atom. The molecule has 0 spiro atoms. The number of benzene rings is 3. The van der Waals surface area contributed by atoms with Crippen LogP contribution in [0.4, 0.5) is 17.1 Å². The second kappa shape index (κ2) is 8.00. The van der Waals surface area contributed by atoms with E-state index in [1.165, 1.54) is 17.6 Å². The Hall–Kier alpha value is -2.65. The van der Waals surface area contributed by atoms with Crippen molar-refractivity contribution in [1.82, 2.24) is 0 Å². The summed E-state index contributed by atoms with van der Waals surface area (Å²) in [6, 6.07) is 29.8. The second-order valence-corrected chi connectivity index (χ2v) is 9.80. The van der Waals surface area contributed by atoms with Crippen LogP contribution in [0.25, 0.3) is 5.57 Å². The van der Waals surface area contributed by atoms with Gasteiger partial charge in [-0.05, 0) is 66.8 Å². The van der Waals surface area contributed by atoms with Crippen molar-refractivity contribution in [1.29, 1.82) is 0 Å². The molecule has 2 heterocycles. The monoisotopic (exact) mass is 399 g/mol. The highest BCUT2D eigenvalue weighted by Gasteiger charge is 2.33. The molecule has 3 atom stereocenters. The molecule has 146 valence electrons. The van der Waals surface area contributed by atoms with E-state index in [1.54, 1.807) is 0 Å². The Balaban J connectivity index is 1.49. The Morgan fingerprint density at radius 3 is 1.90 bits per heavy atom. The maximum absolute atomic E-state index is 12.5. The molecule has 1 saturated heterocycles. The maximum Gasteiger partial charge on any atom is 0.0536 e. The standard InChI is InChI=1S/C26H25NOS/c28-29-25-12-7-13-26(29)19-21(18-25)20-14-16-24(17-15-20)27(22-8-3-1-4-9-22)23-10-5-2-6-11-23/h1-6,8-11,14-18,25-26H,7,12-13,19H2. The summed E-state index contributed by atoms with van der Waals surface area (Å²) in [4.78, 5) is 2.28. The van der Waals surface area contributed by atoms with E-state index in [-0.39, 0.29) is 5.25 Å². The number of fused-ring (bicyclic) bond motifs is 2. The summed E-state index contributed by atoms with van der Waals surface area (Å²) < 4.78 is 12.5. The van der Waals surface area contributed by atoms with E-state index in [2.05, 4.69) is 83.8 Å². The molecule has 5 rings (SSSR count). The Labute approximate surface area is 175 Å². The third-order valence-electron chi connectivity index (χ3n) is 6.00. The van der Waals surface area contributed by atoms with Crippen molar-refractivity contribution < 1.29 is 4.21 Å². The number of para-hydroxylation sites is 2. The molecule has 2 aliphatic heterocycles. The third-order valence-corrected chi connectivity index (χ3v) is 8.03. The van der Waals surface area contributed by atoms with Gasteiger partial charge in [0.25, 0.3) is 0 Å². The first-order valence-electron chi connectivity index (χ1n) is 10.4. The molecule has 29 heavy (non-hydrogen) atoms. The van der Waals surface area contributed by atoms with Gasteiger partial charge in [-0.1, -0.05) is 61.0 Å². The molecule has 3 aromatic rings. The van der Waals surface area contributed by atoms with E-state index in [0.29, 0.717) is 5.25 Å². The van der Waals surface area contributed by atoms with Gasteiger partial charge < -0.3 is 4.90 Å². The Morgan fingerprint density at radius 2 is 1.31 bits per heavy atom. The lowest BCUT2D eigenvalue weighted by Gasteiger charge is -2.33. The van der Waals surface area contributed by atoms with Gasteiger partial charge in [-0.15, -0.1) is 0 Å². The summed E-state index contributed by atoms with van der Waals surface area (Å²) in [5, 5.41) is 0.598. The number of allylic oxidation sites excluding steroid dienone is 1. The quantitative estimate of drug-likeness (QED) is 0.492. The fraction of sp³-hybridized carbons (Fsp3) is 0.231. The molecule has 0 amide bonds. The van der Waals surface area contributed by atoms with Crippen molar-refractivity contribution in [2.75, 3.05) is 4.90 Å². The van der Waals surface area contributed by atoms with E-state index in [4.69, 9.17) is 0 Å². The van der Waals surface area contributed by atoms with Gasteiger partial charge in [0.1, 0.15) is 0 Å². The minimum Gasteiger partial charge on any atom is -0.311 e. The van der Waals surface area contributed by atoms with Crippen molar-refractivity contribution in [3.8, 4) is 0 Å². The largest absolute Gasteiger partial charge is 0.311 e. The van der Waals surface area contributed by atoms with Gasteiger partial charge in [0, 0.05) is 33.1 Å². The highest BCUT2D eigenvalue weighted by atomic mass is 32.2. The summed E-state index contributed by atoms with van der Waals surface area (Å²) in [6.45, 7) is 0. The zero-order valence-corrected chi connectivity index (χ0v) is 17.2. The van der Waals surface area contributed by atoms with Crippen molar-refractivity contribution in [3.63, 3.8) is 0 Å². The normalized spacial score (nSPS) is 23.3. The molecule has 0 aromatic heterocycles. The lowest BCUT2D eigenvalue weighted by molar-refractivity contribution is 0.579. The molecule has 3 heteroatoms. The molecule has 0 saturated carbocycles. The number of rotatable bonds is 4. The van der Waals surface area contributed by atoms with Crippen LogP contribution in [0.1, 0.15) is 31.2 Å². The van der Waals surface area contributed by atoms with E-state index >= 15 is 0 Å². The summed E-state index contributed by atoms with van der Waals surface area (Å²) in [5.41, 5.74) is 6.08. The van der Waals surface area contributed by atoms with Gasteiger partial charge in [-0.2, -0.15) is 0 Å². The molecule has 2 nitrogen and oxygen atoms in total. The smallest absolute Gasteiger partial charge is 0.0536 e. The van der Waals surface area contributed by atoms with E-state index < -0.39 is 10.8 Å². The van der Waals surface area contributed by atoms with Crippen molar-refractivity contribution >= 4 is 33.4 Å². The summed E-state index contributed by atoms with van der Waals surface area (Å²) in [7, 11) is -0.677. The molecule has 3 aromatic carbocycles. The van der Waals surface area contributed by atoms with Crippen molar-refractivity contribution in [2.45, 2.75) is 36.2 Å². The zero-order valence-electron chi connectivity index (χ0n) is 16.4. The number of nitrogens with zero attached hydrogens (tertiary/aromatic N) is 1. The predicted octanol–water partition coefficient (Wildman–Crippen LogP) is 6.61. The molecule has 2 aliphatic rings. The molecule has 2 bridgehead atoms. The van der Waals surface area contributed by atoms with Crippen LogP contribution in [0.15, 0.2) is 91.0 Å². The first-order chi connectivity index (χ1) is 14.3. The van der Waals surface area contributed by atoms with Gasteiger partial charge in [0.05, 0.1) is 5.25 Å². The number of hydrogen-bond acceptors (Lipinski definition) is 2. The first-order valence-corrected chi connectivity index (χ1v) is 11.7. The average molecular weight is 400 g/mol. The van der Waals surface area contributed by atoms with Crippen LogP contribution in [-0.2, 0) is 10.8 Å². The topological polar surface area (TPSA) is 20.3 Å². The molecule has 1 fully saturated rings. The molecule has 3 unspecified atom stereocenters. The summed E-state index contributed by atoms with van der Waals surface area (Å²) >= 11 is 0. The third kappa shape index (κ3) is 3.67. The van der Waals surface area contributed by atoms with E-state index in [0.717, 1.165) is 36.3 Å². The van der Waals surface area contributed by atoms with Crippen LogP contribution in [0.5, 0.6) is 0 Å². The SMILES string of the molecule is O=S1C2C=C(c3ccc(N(c4ccccc4)c4ccccc4)cc3)CC1CCC2. The lowest BCUT2D eigenvalue weighted by atomic mass is 9.93.